The van der Waals surface area contributed by atoms with Gasteiger partial charge >= 0.3 is 0 Å². The van der Waals surface area contributed by atoms with Crippen molar-refractivity contribution in [1.82, 2.24) is 14.8 Å². The van der Waals surface area contributed by atoms with Crippen LogP contribution in [-0.2, 0) is 9.59 Å². The Morgan fingerprint density at radius 1 is 1.25 bits per heavy atom. The largest absolute Gasteiger partial charge is 0.343 e. The van der Waals surface area contributed by atoms with E-state index in [1.54, 1.807) is 36.5 Å². The van der Waals surface area contributed by atoms with E-state index in [1.165, 1.54) is 4.90 Å². The van der Waals surface area contributed by atoms with Crippen LogP contribution in [0.1, 0.15) is 63.2 Å². The van der Waals surface area contributed by atoms with Crippen molar-refractivity contribution >= 4 is 46.5 Å². The molecule has 1 aromatic carbocycles. The number of fused-ring (bicyclic) bond motifs is 2. The van der Waals surface area contributed by atoms with Gasteiger partial charge in [-0.1, -0.05) is 31.5 Å². The summed E-state index contributed by atoms with van der Waals surface area (Å²) in [6, 6.07) is 8.44. The van der Waals surface area contributed by atoms with Crippen molar-refractivity contribution < 1.29 is 14.4 Å². The van der Waals surface area contributed by atoms with E-state index in [1.807, 2.05) is 31.7 Å². The number of pyridine rings is 1. The predicted molar refractivity (Wildman–Crippen MR) is 160 cm³/mol. The molecule has 40 heavy (non-hydrogen) atoms. The Hall–Kier alpha value is -3.23. The molecule has 214 valence electrons. The zero-order valence-corrected chi connectivity index (χ0v) is 24.5. The number of rotatable bonds is 10. The Kier molecular flexibility index (Phi) is 9.64. The highest BCUT2D eigenvalue weighted by molar-refractivity contribution is 6.31. The first-order valence-corrected chi connectivity index (χ1v) is 14.5. The molecule has 8 nitrogen and oxygen atoms in total. The fourth-order valence-corrected chi connectivity index (χ4v) is 5.83. The van der Waals surface area contributed by atoms with E-state index in [-0.39, 0.29) is 24.3 Å². The topological polar surface area (TPSA) is 85.9 Å². The van der Waals surface area contributed by atoms with Gasteiger partial charge in [0.2, 0.25) is 11.8 Å². The molecule has 2 aromatic rings. The lowest BCUT2D eigenvalue weighted by Gasteiger charge is -2.34. The number of carbonyl (C=O) groups excluding carboxylic acids is 3. The van der Waals surface area contributed by atoms with Crippen LogP contribution in [0.15, 0.2) is 49.2 Å². The van der Waals surface area contributed by atoms with Gasteiger partial charge in [0, 0.05) is 29.7 Å². The number of allylic oxidation sites excluding steroid dienone is 1. The minimum Gasteiger partial charge on any atom is -0.343 e. The molecule has 0 aliphatic carbocycles. The maximum Gasteiger partial charge on any atom is 0.257 e. The standard InChI is InChI=1S/C31H40ClN5O3/c1-5-15-31(3,4)30(40)36(6-2)17-8-9-22-13-18-35(19-14-22)21-27(38)37-26-12-11-23(32)20-24(26)29(39)34-25-10-7-16-33-28(25)37/h5,7,10-12,16,20,22H,1,6,8-9,13-15,17-19,21H2,2-4H3,(H,34,39). The molecule has 2 aliphatic heterocycles. The van der Waals surface area contributed by atoms with E-state index in [0.29, 0.717) is 46.7 Å². The first kappa shape index (κ1) is 29.7. The zero-order chi connectivity index (χ0) is 28.9. The molecule has 0 bridgehead atoms. The molecular weight excluding hydrogens is 526 g/mol. The number of anilines is 3. The number of halogens is 1. The van der Waals surface area contributed by atoms with Crippen LogP contribution in [0, 0.1) is 11.3 Å². The summed E-state index contributed by atoms with van der Waals surface area (Å²) < 4.78 is 0. The van der Waals surface area contributed by atoms with E-state index in [9.17, 15) is 14.4 Å². The summed E-state index contributed by atoms with van der Waals surface area (Å²) in [5.41, 5.74) is 0.879. The molecule has 0 radical (unpaired) electrons. The average molecular weight is 566 g/mol. The highest BCUT2D eigenvalue weighted by atomic mass is 35.5. The van der Waals surface area contributed by atoms with Crippen molar-refractivity contribution in [2.75, 3.05) is 42.9 Å². The molecular formula is C31H40ClN5O3. The lowest BCUT2D eigenvalue weighted by atomic mass is 9.87. The van der Waals surface area contributed by atoms with E-state index < -0.39 is 5.41 Å². The quantitative estimate of drug-likeness (QED) is 0.362. The minimum atomic E-state index is -0.421. The van der Waals surface area contributed by atoms with Gasteiger partial charge in [-0.2, -0.15) is 0 Å². The predicted octanol–water partition coefficient (Wildman–Crippen LogP) is 5.91. The highest BCUT2D eigenvalue weighted by Crippen LogP contribution is 2.37. The van der Waals surface area contributed by atoms with Crippen molar-refractivity contribution in [3.63, 3.8) is 0 Å². The van der Waals surface area contributed by atoms with E-state index in [0.717, 1.165) is 45.3 Å². The summed E-state index contributed by atoms with van der Waals surface area (Å²) in [4.78, 5) is 49.7. The van der Waals surface area contributed by atoms with Gasteiger partial charge < -0.3 is 10.2 Å². The number of piperidine rings is 1. The fraction of sp³-hybridized carbons (Fsp3) is 0.484. The van der Waals surface area contributed by atoms with Crippen LogP contribution in [0.5, 0.6) is 0 Å². The Morgan fingerprint density at radius 2 is 2.00 bits per heavy atom. The molecule has 0 atom stereocenters. The third-order valence-corrected chi connectivity index (χ3v) is 8.18. The SMILES string of the molecule is C=CCC(C)(C)C(=O)N(CC)CCCC1CCN(CC(=O)N2c3ccc(Cl)cc3C(=O)Nc3cccnc32)CC1. The minimum absolute atomic E-state index is 0.141. The van der Waals surface area contributed by atoms with Gasteiger partial charge in [0.25, 0.3) is 5.91 Å². The van der Waals surface area contributed by atoms with Gasteiger partial charge in [0.15, 0.2) is 5.82 Å². The summed E-state index contributed by atoms with van der Waals surface area (Å²) in [6.45, 7) is 13.2. The lowest BCUT2D eigenvalue weighted by Crippen LogP contribution is -2.43. The monoisotopic (exact) mass is 565 g/mol. The third-order valence-electron chi connectivity index (χ3n) is 7.95. The molecule has 3 amide bonds. The van der Waals surface area contributed by atoms with Crippen molar-refractivity contribution in [3.8, 4) is 0 Å². The number of aromatic nitrogens is 1. The Balaban J connectivity index is 1.34. The van der Waals surface area contributed by atoms with Crippen LogP contribution in [-0.4, -0.2) is 65.2 Å². The zero-order valence-electron chi connectivity index (χ0n) is 23.8. The lowest BCUT2D eigenvalue weighted by molar-refractivity contribution is -0.140. The molecule has 0 saturated carbocycles. The van der Waals surface area contributed by atoms with Crippen molar-refractivity contribution in [3.05, 3.63) is 59.8 Å². The average Bonchev–Trinajstić information content (AvgIpc) is 3.05. The fourth-order valence-electron chi connectivity index (χ4n) is 5.66. The molecule has 0 unspecified atom stereocenters. The van der Waals surface area contributed by atoms with Crippen LogP contribution >= 0.6 is 11.6 Å². The van der Waals surface area contributed by atoms with Gasteiger partial charge in [-0.3, -0.25) is 24.2 Å². The molecule has 9 heteroatoms. The number of benzene rings is 1. The smallest absolute Gasteiger partial charge is 0.257 e. The number of carbonyl (C=O) groups is 3. The number of amides is 3. The second-order valence-electron chi connectivity index (χ2n) is 11.3. The van der Waals surface area contributed by atoms with Gasteiger partial charge in [-0.25, -0.2) is 4.98 Å². The van der Waals surface area contributed by atoms with Crippen molar-refractivity contribution in [2.45, 2.75) is 52.9 Å². The maximum absolute atomic E-state index is 13.7. The first-order chi connectivity index (χ1) is 19.1. The Morgan fingerprint density at radius 3 is 2.70 bits per heavy atom. The third kappa shape index (κ3) is 6.73. The number of likely N-dealkylation sites (tertiary alicyclic amines) is 1. The number of nitrogens with one attached hydrogen (secondary N) is 1. The van der Waals surface area contributed by atoms with Crippen LogP contribution in [0.2, 0.25) is 5.02 Å². The van der Waals surface area contributed by atoms with E-state index in [2.05, 4.69) is 21.8 Å². The molecule has 4 rings (SSSR count). The Bertz CT molecular complexity index is 1260. The van der Waals surface area contributed by atoms with E-state index >= 15 is 0 Å². The molecule has 1 N–H and O–H groups in total. The van der Waals surface area contributed by atoms with Crippen LogP contribution < -0.4 is 10.2 Å². The van der Waals surface area contributed by atoms with Crippen LogP contribution in [0.4, 0.5) is 17.2 Å². The molecule has 1 saturated heterocycles. The molecule has 0 spiro atoms. The molecule has 1 aromatic heterocycles. The van der Waals surface area contributed by atoms with Gasteiger partial charge in [0.1, 0.15) is 0 Å². The van der Waals surface area contributed by atoms with Crippen LogP contribution in [0.25, 0.3) is 0 Å². The summed E-state index contributed by atoms with van der Waals surface area (Å²) >= 11 is 6.18. The molecule has 1 fully saturated rings. The second-order valence-corrected chi connectivity index (χ2v) is 11.8. The summed E-state index contributed by atoms with van der Waals surface area (Å²) in [5, 5.41) is 3.28. The number of nitrogens with zero attached hydrogens (tertiary/aromatic N) is 4. The van der Waals surface area contributed by atoms with Gasteiger partial charge in [0.05, 0.1) is 23.5 Å². The second kappa shape index (κ2) is 13.0. The first-order valence-electron chi connectivity index (χ1n) is 14.2. The number of hydrogen-bond donors (Lipinski definition) is 1. The van der Waals surface area contributed by atoms with Gasteiger partial charge in [-0.05, 0) is 88.4 Å². The Labute approximate surface area is 242 Å². The molecule has 3 heterocycles. The summed E-state index contributed by atoms with van der Waals surface area (Å²) in [6.07, 6.45) is 8.17. The number of hydrogen-bond acceptors (Lipinski definition) is 5. The maximum atomic E-state index is 13.7. The normalized spacial score (nSPS) is 16.0. The van der Waals surface area contributed by atoms with Gasteiger partial charge in [-0.15, -0.1) is 6.58 Å². The van der Waals surface area contributed by atoms with E-state index in [4.69, 9.17) is 11.6 Å². The summed E-state index contributed by atoms with van der Waals surface area (Å²) in [5.74, 6) is 0.705. The van der Waals surface area contributed by atoms with Crippen molar-refractivity contribution in [1.29, 1.82) is 0 Å². The van der Waals surface area contributed by atoms with Crippen molar-refractivity contribution in [2.24, 2.45) is 11.3 Å². The highest BCUT2D eigenvalue weighted by Gasteiger charge is 2.33. The summed E-state index contributed by atoms with van der Waals surface area (Å²) in [7, 11) is 0. The van der Waals surface area contributed by atoms with Crippen LogP contribution in [0.3, 0.4) is 0 Å². The molecule has 2 aliphatic rings.